The van der Waals surface area contributed by atoms with Crippen molar-refractivity contribution in [2.24, 2.45) is 0 Å². The summed E-state index contributed by atoms with van der Waals surface area (Å²) in [5.41, 5.74) is 4.08. The average Bonchev–Trinajstić information content (AvgIpc) is 2.72. The number of rotatable bonds is 2. The molecule has 0 bridgehead atoms. The normalized spacial score (nSPS) is 12.8. The Morgan fingerprint density at radius 1 is 0.857 bits per heavy atom. The standard InChI is InChI=1S/C19H20O2/c1-11-9-10-17(16-8-6-5-7-15(11)16)19(20)18-12(2)13(3)21-14(18)4/h5-10,19-20H,1-4H3. The van der Waals surface area contributed by atoms with Crippen LogP contribution in [0, 0.1) is 27.7 Å². The Morgan fingerprint density at radius 2 is 1.52 bits per heavy atom. The number of hydrogen-bond acceptors (Lipinski definition) is 2. The van der Waals surface area contributed by atoms with Crippen molar-refractivity contribution in [1.82, 2.24) is 0 Å². The molecule has 108 valence electrons. The van der Waals surface area contributed by atoms with Crippen LogP contribution in [0.2, 0.25) is 0 Å². The van der Waals surface area contributed by atoms with Gasteiger partial charge in [0.2, 0.25) is 0 Å². The van der Waals surface area contributed by atoms with Gasteiger partial charge in [-0.3, -0.25) is 0 Å². The summed E-state index contributed by atoms with van der Waals surface area (Å²) in [6, 6.07) is 12.3. The first kappa shape index (κ1) is 13.9. The van der Waals surface area contributed by atoms with E-state index < -0.39 is 6.10 Å². The highest BCUT2D eigenvalue weighted by molar-refractivity contribution is 5.89. The first-order valence-electron chi connectivity index (χ1n) is 7.23. The Morgan fingerprint density at radius 3 is 2.14 bits per heavy atom. The van der Waals surface area contributed by atoms with Gasteiger partial charge in [0.05, 0.1) is 0 Å². The molecule has 0 aliphatic rings. The summed E-state index contributed by atoms with van der Waals surface area (Å²) in [6.45, 7) is 7.94. The van der Waals surface area contributed by atoms with Gasteiger partial charge < -0.3 is 9.52 Å². The van der Waals surface area contributed by atoms with Gasteiger partial charge in [0, 0.05) is 5.56 Å². The molecular weight excluding hydrogens is 260 g/mol. The van der Waals surface area contributed by atoms with Crippen molar-refractivity contribution in [2.45, 2.75) is 33.8 Å². The van der Waals surface area contributed by atoms with E-state index in [0.717, 1.165) is 33.6 Å². The van der Waals surface area contributed by atoms with Crippen LogP contribution in [0.15, 0.2) is 40.8 Å². The van der Waals surface area contributed by atoms with Crippen LogP contribution in [0.1, 0.15) is 39.9 Å². The van der Waals surface area contributed by atoms with Crippen molar-refractivity contribution in [3.05, 3.63) is 70.2 Å². The Labute approximate surface area is 125 Å². The SMILES string of the molecule is Cc1oc(C)c(C(O)c2ccc(C)c3ccccc23)c1C. The molecule has 1 N–H and O–H groups in total. The maximum Gasteiger partial charge on any atom is 0.108 e. The quantitative estimate of drug-likeness (QED) is 0.735. The fourth-order valence-corrected chi connectivity index (χ4v) is 3.08. The van der Waals surface area contributed by atoms with Crippen molar-refractivity contribution >= 4 is 10.8 Å². The zero-order valence-corrected chi connectivity index (χ0v) is 12.9. The topological polar surface area (TPSA) is 33.4 Å². The van der Waals surface area contributed by atoms with Crippen molar-refractivity contribution in [3.8, 4) is 0 Å². The number of benzene rings is 2. The molecule has 3 rings (SSSR count). The van der Waals surface area contributed by atoms with Gasteiger partial charge in [-0.05, 0) is 55.2 Å². The van der Waals surface area contributed by atoms with Gasteiger partial charge in [-0.25, -0.2) is 0 Å². The van der Waals surface area contributed by atoms with E-state index in [1.165, 1.54) is 10.9 Å². The number of aliphatic hydroxyl groups excluding tert-OH is 1. The average molecular weight is 280 g/mol. The van der Waals surface area contributed by atoms with Gasteiger partial charge in [0.15, 0.2) is 0 Å². The molecule has 1 aromatic heterocycles. The third kappa shape index (κ3) is 2.16. The van der Waals surface area contributed by atoms with Crippen LogP contribution in [0.25, 0.3) is 10.8 Å². The molecule has 3 aromatic rings. The molecule has 0 spiro atoms. The fraction of sp³-hybridized carbons (Fsp3) is 0.263. The Balaban J connectivity index is 2.23. The lowest BCUT2D eigenvalue weighted by Crippen LogP contribution is -2.03. The molecule has 21 heavy (non-hydrogen) atoms. The molecule has 0 saturated heterocycles. The van der Waals surface area contributed by atoms with E-state index in [1.807, 2.05) is 39.0 Å². The second-order valence-corrected chi connectivity index (χ2v) is 5.67. The highest BCUT2D eigenvalue weighted by atomic mass is 16.3. The van der Waals surface area contributed by atoms with Crippen LogP contribution in [0.4, 0.5) is 0 Å². The van der Waals surface area contributed by atoms with E-state index in [-0.39, 0.29) is 0 Å². The molecular formula is C19H20O2. The van der Waals surface area contributed by atoms with Gasteiger partial charge in [-0.15, -0.1) is 0 Å². The van der Waals surface area contributed by atoms with Gasteiger partial charge >= 0.3 is 0 Å². The molecule has 1 heterocycles. The predicted octanol–water partition coefficient (Wildman–Crippen LogP) is 4.75. The van der Waals surface area contributed by atoms with Crippen molar-refractivity contribution in [2.75, 3.05) is 0 Å². The zero-order valence-electron chi connectivity index (χ0n) is 12.9. The van der Waals surface area contributed by atoms with Crippen LogP contribution < -0.4 is 0 Å². The number of furan rings is 1. The zero-order chi connectivity index (χ0) is 15.1. The Kier molecular flexibility index (Phi) is 3.34. The van der Waals surface area contributed by atoms with Crippen molar-refractivity contribution in [3.63, 3.8) is 0 Å². The third-order valence-corrected chi connectivity index (χ3v) is 4.36. The van der Waals surface area contributed by atoms with Crippen LogP contribution in [0.5, 0.6) is 0 Å². The smallest absolute Gasteiger partial charge is 0.108 e. The second kappa shape index (κ2) is 5.05. The van der Waals surface area contributed by atoms with E-state index in [1.54, 1.807) is 0 Å². The van der Waals surface area contributed by atoms with Gasteiger partial charge in [-0.2, -0.15) is 0 Å². The number of aliphatic hydroxyl groups is 1. The number of fused-ring (bicyclic) bond motifs is 1. The molecule has 0 amide bonds. The monoisotopic (exact) mass is 280 g/mol. The lowest BCUT2D eigenvalue weighted by atomic mass is 9.92. The minimum atomic E-state index is -0.659. The highest BCUT2D eigenvalue weighted by Gasteiger charge is 2.22. The largest absolute Gasteiger partial charge is 0.466 e. The van der Waals surface area contributed by atoms with Crippen LogP contribution in [0.3, 0.4) is 0 Å². The summed E-state index contributed by atoms with van der Waals surface area (Å²) < 4.78 is 5.66. The summed E-state index contributed by atoms with van der Waals surface area (Å²) >= 11 is 0. The molecule has 1 unspecified atom stereocenters. The summed E-state index contributed by atoms with van der Waals surface area (Å²) in [5.74, 6) is 1.67. The molecule has 2 aromatic carbocycles. The Hall–Kier alpha value is -2.06. The van der Waals surface area contributed by atoms with Crippen LogP contribution in [-0.4, -0.2) is 5.11 Å². The van der Waals surface area contributed by atoms with Gasteiger partial charge in [0.1, 0.15) is 17.6 Å². The summed E-state index contributed by atoms with van der Waals surface area (Å²) in [5, 5.41) is 13.2. The molecule has 0 radical (unpaired) electrons. The molecule has 1 atom stereocenters. The van der Waals surface area contributed by atoms with E-state index in [9.17, 15) is 5.11 Å². The molecule has 0 aliphatic carbocycles. The lowest BCUT2D eigenvalue weighted by Gasteiger charge is -2.15. The van der Waals surface area contributed by atoms with E-state index in [0.29, 0.717) is 0 Å². The first-order chi connectivity index (χ1) is 10.0. The van der Waals surface area contributed by atoms with Gasteiger partial charge in [-0.1, -0.05) is 36.4 Å². The first-order valence-corrected chi connectivity index (χ1v) is 7.23. The van der Waals surface area contributed by atoms with Crippen LogP contribution in [-0.2, 0) is 0 Å². The molecule has 2 nitrogen and oxygen atoms in total. The van der Waals surface area contributed by atoms with Crippen molar-refractivity contribution in [1.29, 1.82) is 0 Å². The lowest BCUT2D eigenvalue weighted by molar-refractivity contribution is 0.219. The van der Waals surface area contributed by atoms with E-state index in [2.05, 4.69) is 25.1 Å². The number of aryl methyl sites for hydroxylation is 3. The summed E-state index contributed by atoms with van der Waals surface area (Å²) in [4.78, 5) is 0. The van der Waals surface area contributed by atoms with E-state index >= 15 is 0 Å². The van der Waals surface area contributed by atoms with Crippen LogP contribution >= 0.6 is 0 Å². The van der Waals surface area contributed by atoms with Crippen molar-refractivity contribution < 1.29 is 9.52 Å². The summed E-state index contributed by atoms with van der Waals surface area (Å²) in [6.07, 6.45) is -0.659. The molecule has 0 saturated carbocycles. The predicted molar refractivity (Wildman–Crippen MR) is 85.7 cm³/mol. The fourth-order valence-electron chi connectivity index (χ4n) is 3.08. The second-order valence-electron chi connectivity index (χ2n) is 5.67. The molecule has 0 aliphatic heterocycles. The highest BCUT2D eigenvalue weighted by Crippen LogP contribution is 2.35. The van der Waals surface area contributed by atoms with E-state index in [4.69, 9.17) is 4.42 Å². The summed E-state index contributed by atoms with van der Waals surface area (Å²) in [7, 11) is 0. The maximum atomic E-state index is 10.9. The Bertz CT molecular complexity index is 812. The third-order valence-electron chi connectivity index (χ3n) is 4.36. The molecule has 0 fully saturated rings. The maximum absolute atomic E-state index is 10.9. The number of hydrogen-bond donors (Lipinski definition) is 1. The minimum Gasteiger partial charge on any atom is -0.466 e. The van der Waals surface area contributed by atoms with Gasteiger partial charge in [0.25, 0.3) is 0 Å². The minimum absolute atomic E-state index is 0.659. The molecule has 2 heteroatoms.